The van der Waals surface area contributed by atoms with Gasteiger partial charge < -0.3 is 5.32 Å². The minimum Gasteiger partial charge on any atom is -0.367 e. The van der Waals surface area contributed by atoms with E-state index in [-0.39, 0.29) is 4.90 Å². The summed E-state index contributed by atoms with van der Waals surface area (Å²) in [7, 11) is -3.78. The third-order valence-electron chi connectivity index (χ3n) is 4.65. The van der Waals surface area contributed by atoms with Crippen molar-refractivity contribution in [3.05, 3.63) is 47.9 Å². The van der Waals surface area contributed by atoms with Crippen molar-refractivity contribution in [2.75, 3.05) is 10.0 Å². The van der Waals surface area contributed by atoms with Crippen molar-refractivity contribution >= 4 is 21.5 Å². The molecule has 26 heavy (non-hydrogen) atoms. The minimum atomic E-state index is -3.78. The number of anilines is 2. The molecule has 7 heteroatoms. The molecule has 0 unspecified atom stereocenters. The quantitative estimate of drug-likeness (QED) is 0.755. The summed E-state index contributed by atoms with van der Waals surface area (Å²) in [6.45, 7) is 1.57. The summed E-state index contributed by atoms with van der Waals surface area (Å²) in [5.74, 6) is 0.287. The predicted octanol–water partition coefficient (Wildman–Crippen LogP) is 4.46. The van der Waals surface area contributed by atoms with Crippen LogP contribution >= 0.6 is 0 Å². The van der Waals surface area contributed by atoms with Crippen LogP contribution in [0.3, 0.4) is 0 Å². The molecule has 2 N–H and O–H groups in total. The zero-order valence-electron chi connectivity index (χ0n) is 14.8. The molecule has 0 bridgehead atoms. The highest BCUT2D eigenvalue weighted by molar-refractivity contribution is 7.92. The fraction of sp³-hybridized carbons (Fsp3) is 0.421. The van der Waals surface area contributed by atoms with Crippen LogP contribution in [-0.4, -0.2) is 19.4 Å². The largest absolute Gasteiger partial charge is 0.367 e. The van der Waals surface area contributed by atoms with Crippen molar-refractivity contribution in [2.45, 2.75) is 56.4 Å². The van der Waals surface area contributed by atoms with Crippen LogP contribution in [-0.2, 0) is 10.0 Å². The van der Waals surface area contributed by atoms with Gasteiger partial charge in [0.25, 0.3) is 10.0 Å². The Kier molecular flexibility index (Phi) is 5.76. The molecule has 2 aromatic rings. The molecule has 0 spiro atoms. The van der Waals surface area contributed by atoms with Gasteiger partial charge in [-0.15, -0.1) is 0 Å². The lowest BCUT2D eigenvalue weighted by molar-refractivity contribution is 0.598. The molecule has 0 atom stereocenters. The third kappa shape index (κ3) is 4.72. The average Bonchev–Trinajstić information content (AvgIpc) is 2.84. The maximum Gasteiger partial charge on any atom is 0.262 e. The van der Waals surface area contributed by atoms with Crippen molar-refractivity contribution < 1.29 is 12.8 Å². The van der Waals surface area contributed by atoms with Gasteiger partial charge in [-0.2, -0.15) is 0 Å². The molecule has 1 aromatic heterocycles. The van der Waals surface area contributed by atoms with Crippen molar-refractivity contribution in [2.24, 2.45) is 0 Å². The highest BCUT2D eigenvalue weighted by Gasteiger charge is 2.18. The van der Waals surface area contributed by atoms with Gasteiger partial charge in [0.1, 0.15) is 11.6 Å². The second-order valence-corrected chi connectivity index (χ2v) is 8.43. The fourth-order valence-electron chi connectivity index (χ4n) is 3.30. The maximum atomic E-state index is 13.2. The smallest absolute Gasteiger partial charge is 0.262 e. The molecule has 3 rings (SSSR count). The first-order chi connectivity index (χ1) is 12.4. The number of nitrogens with zero attached hydrogens (tertiary/aromatic N) is 1. The van der Waals surface area contributed by atoms with E-state index in [2.05, 4.69) is 15.0 Å². The van der Waals surface area contributed by atoms with E-state index in [4.69, 9.17) is 0 Å². The fourth-order valence-corrected chi connectivity index (χ4v) is 4.57. The molecule has 5 nitrogen and oxygen atoms in total. The van der Waals surface area contributed by atoms with E-state index in [1.54, 1.807) is 19.1 Å². The Morgan fingerprint density at radius 1 is 1.08 bits per heavy atom. The zero-order valence-corrected chi connectivity index (χ0v) is 15.7. The van der Waals surface area contributed by atoms with Crippen LogP contribution in [0.4, 0.5) is 15.9 Å². The van der Waals surface area contributed by atoms with E-state index >= 15 is 0 Å². The standard InChI is InChI=1S/C19H24FN3O2S/c1-14-12-15(20)8-10-18(14)26(24,25)23-17-9-11-19(21-13-17)22-16-6-4-2-3-5-7-16/h8-13,16,23H,2-7H2,1H3,(H,21,22). The molecule has 1 aliphatic rings. The van der Waals surface area contributed by atoms with Gasteiger partial charge in [-0.25, -0.2) is 17.8 Å². The lowest BCUT2D eigenvalue weighted by atomic mass is 10.1. The van der Waals surface area contributed by atoms with Crippen LogP contribution in [0.5, 0.6) is 0 Å². The van der Waals surface area contributed by atoms with Gasteiger partial charge in [-0.3, -0.25) is 4.72 Å². The molecular weight excluding hydrogens is 353 g/mol. The molecule has 0 amide bonds. The number of benzene rings is 1. The summed E-state index contributed by atoms with van der Waals surface area (Å²) in [5, 5.41) is 3.43. The maximum absolute atomic E-state index is 13.2. The minimum absolute atomic E-state index is 0.0551. The van der Waals surface area contributed by atoms with Gasteiger partial charge in [-0.05, 0) is 55.7 Å². The number of halogens is 1. The first-order valence-electron chi connectivity index (χ1n) is 8.95. The van der Waals surface area contributed by atoms with Crippen LogP contribution in [0.1, 0.15) is 44.1 Å². The topological polar surface area (TPSA) is 71.1 Å². The zero-order chi connectivity index (χ0) is 18.6. The van der Waals surface area contributed by atoms with Gasteiger partial charge in [-0.1, -0.05) is 25.7 Å². The Morgan fingerprint density at radius 3 is 2.42 bits per heavy atom. The van der Waals surface area contributed by atoms with Crippen molar-refractivity contribution in [1.82, 2.24) is 4.98 Å². The third-order valence-corrected chi connectivity index (χ3v) is 6.19. The van der Waals surface area contributed by atoms with E-state index in [9.17, 15) is 12.8 Å². The molecule has 140 valence electrons. The molecule has 0 saturated heterocycles. The molecule has 0 aliphatic heterocycles. The highest BCUT2D eigenvalue weighted by atomic mass is 32.2. The normalized spacial score (nSPS) is 16.1. The second kappa shape index (κ2) is 8.03. The first kappa shape index (κ1) is 18.6. The molecule has 1 heterocycles. The number of nitrogens with one attached hydrogen (secondary N) is 2. The van der Waals surface area contributed by atoms with E-state index in [0.717, 1.165) is 24.7 Å². The Morgan fingerprint density at radius 2 is 1.81 bits per heavy atom. The van der Waals surface area contributed by atoms with Crippen LogP contribution in [0, 0.1) is 12.7 Å². The van der Waals surface area contributed by atoms with E-state index in [1.165, 1.54) is 44.0 Å². The van der Waals surface area contributed by atoms with Crippen LogP contribution in [0.15, 0.2) is 41.4 Å². The van der Waals surface area contributed by atoms with Crippen LogP contribution < -0.4 is 10.0 Å². The van der Waals surface area contributed by atoms with Gasteiger partial charge in [0.15, 0.2) is 0 Å². The van der Waals surface area contributed by atoms with Crippen LogP contribution in [0.2, 0.25) is 0 Å². The summed E-state index contributed by atoms with van der Waals surface area (Å²) < 4.78 is 40.7. The number of aromatic nitrogens is 1. The Balaban J connectivity index is 1.68. The van der Waals surface area contributed by atoms with Gasteiger partial charge in [0, 0.05) is 6.04 Å². The SMILES string of the molecule is Cc1cc(F)ccc1S(=O)(=O)Nc1ccc(NC2CCCCCC2)nc1. The highest BCUT2D eigenvalue weighted by Crippen LogP contribution is 2.23. The molecule has 0 radical (unpaired) electrons. The Labute approximate surface area is 154 Å². The number of hydrogen-bond donors (Lipinski definition) is 2. The van der Waals surface area contributed by atoms with Crippen LogP contribution in [0.25, 0.3) is 0 Å². The summed E-state index contributed by atoms with van der Waals surface area (Å²) in [6.07, 6.45) is 8.80. The first-order valence-corrected chi connectivity index (χ1v) is 10.4. The van der Waals surface area contributed by atoms with E-state index in [0.29, 0.717) is 17.3 Å². The second-order valence-electron chi connectivity index (χ2n) is 6.78. The van der Waals surface area contributed by atoms with E-state index < -0.39 is 15.8 Å². The van der Waals surface area contributed by atoms with Gasteiger partial charge in [0.2, 0.25) is 0 Å². The summed E-state index contributed by atoms with van der Waals surface area (Å²) in [5.41, 5.74) is 0.734. The monoisotopic (exact) mass is 377 g/mol. The molecule has 1 saturated carbocycles. The summed E-state index contributed by atoms with van der Waals surface area (Å²) in [4.78, 5) is 4.37. The Hall–Kier alpha value is -2.15. The lowest BCUT2D eigenvalue weighted by Crippen LogP contribution is -2.19. The van der Waals surface area contributed by atoms with Crippen molar-refractivity contribution in [3.63, 3.8) is 0 Å². The van der Waals surface area contributed by atoms with Gasteiger partial charge >= 0.3 is 0 Å². The lowest BCUT2D eigenvalue weighted by Gasteiger charge is -2.17. The summed E-state index contributed by atoms with van der Waals surface area (Å²) in [6, 6.07) is 7.49. The number of rotatable bonds is 5. The summed E-state index contributed by atoms with van der Waals surface area (Å²) >= 11 is 0. The number of sulfonamides is 1. The van der Waals surface area contributed by atoms with Crippen molar-refractivity contribution in [1.29, 1.82) is 0 Å². The molecular formula is C19H24FN3O2S. The van der Waals surface area contributed by atoms with E-state index in [1.807, 2.05) is 0 Å². The molecule has 1 aromatic carbocycles. The molecule has 1 fully saturated rings. The molecule has 1 aliphatic carbocycles. The van der Waals surface area contributed by atoms with Gasteiger partial charge in [0.05, 0.1) is 16.8 Å². The average molecular weight is 377 g/mol. The number of aryl methyl sites for hydroxylation is 1. The Bertz CT molecular complexity index is 846. The predicted molar refractivity (Wildman–Crippen MR) is 101 cm³/mol. The number of hydrogen-bond acceptors (Lipinski definition) is 4. The number of pyridine rings is 1. The van der Waals surface area contributed by atoms with Crippen molar-refractivity contribution in [3.8, 4) is 0 Å².